The smallest absolute Gasteiger partial charge is 0.347 e. The number of benzene rings is 1. The summed E-state index contributed by atoms with van der Waals surface area (Å²) < 4.78 is 10.1. The first kappa shape index (κ1) is 11.4. The van der Waals surface area contributed by atoms with Gasteiger partial charge in [-0.15, -0.1) is 0 Å². The van der Waals surface area contributed by atoms with Crippen LogP contribution in [0.5, 0.6) is 11.5 Å². The van der Waals surface area contributed by atoms with Crippen molar-refractivity contribution in [2.45, 2.75) is 20.0 Å². The molecule has 0 aliphatic heterocycles. The zero-order chi connectivity index (χ0) is 11.3. The summed E-state index contributed by atoms with van der Waals surface area (Å²) >= 11 is 0. The van der Waals surface area contributed by atoms with E-state index in [1.807, 2.05) is 0 Å². The zero-order valence-corrected chi connectivity index (χ0v) is 8.77. The summed E-state index contributed by atoms with van der Waals surface area (Å²) in [6.45, 7) is 3.66. The van der Waals surface area contributed by atoms with E-state index in [-0.39, 0.29) is 5.75 Å². The Morgan fingerprint density at radius 1 is 1.53 bits per heavy atom. The van der Waals surface area contributed by atoms with E-state index >= 15 is 0 Å². The van der Waals surface area contributed by atoms with Crippen LogP contribution in [0.2, 0.25) is 0 Å². The van der Waals surface area contributed by atoms with Gasteiger partial charge in [0.1, 0.15) is 11.5 Å². The fourth-order valence-electron chi connectivity index (χ4n) is 1.07. The molecule has 1 atom stereocenters. The molecule has 0 spiro atoms. The van der Waals surface area contributed by atoms with Gasteiger partial charge in [0.05, 0.1) is 6.61 Å². The lowest BCUT2D eigenvalue weighted by Crippen LogP contribution is -2.25. The van der Waals surface area contributed by atoms with Crippen LogP contribution in [-0.2, 0) is 9.53 Å². The molecular formula is C11H14O4. The van der Waals surface area contributed by atoms with E-state index < -0.39 is 12.1 Å². The standard InChI is InChI=1S/C11H14O4/c1-3-14-11(13)8(2)15-10-6-4-5-9(12)7-10/h4-8,12H,3H2,1-2H3. The van der Waals surface area contributed by atoms with E-state index in [0.717, 1.165) is 0 Å². The Morgan fingerprint density at radius 2 is 2.27 bits per heavy atom. The molecule has 1 N–H and O–H groups in total. The minimum absolute atomic E-state index is 0.101. The number of phenolic OH excluding ortho intramolecular Hbond substituents is 1. The number of rotatable bonds is 4. The molecule has 0 saturated heterocycles. The van der Waals surface area contributed by atoms with Gasteiger partial charge in [0.2, 0.25) is 0 Å². The molecule has 1 aromatic rings. The van der Waals surface area contributed by atoms with E-state index in [1.165, 1.54) is 12.1 Å². The average Bonchev–Trinajstić information content (AvgIpc) is 2.18. The maximum atomic E-state index is 11.2. The zero-order valence-electron chi connectivity index (χ0n) is 8.77. The van der Waals surface area contributed by atoms with E-state index in [9.17, 15) is 9.90 Å². The highest BCUT2D eigenvalue weighted by atomic mass is 16.6. The van der Waals surface area contributed by atoms with Crippen LogP contribution in [0.4, 0.5) is 0 Å². The lowest BCUT2D eigenvalue weighted by atomic mass is 10.3. The maximum absolute atomic E-state index is 11.2. The first-order valence-electron chi connectivity index (χ1n) is 4.75. The molecule has 1 rings (SSSR count). The minimum Gasteiger partial charge on any atom is -0.508 e. The number of phenols is 1. The van der Waals surface area contributed by atoms with Crippen molar-refractivity contribution in [1.29, 1.82) is 0 Å². The van der Waals surface area contributed by atoms with Gasteiger partial charge in [-0.25, -0.2) is 4.79 Å². The molecule has 0 fully saturated rings. The summed E-state index contributed by atoms with van der Waals surface area (Å²) in [6.07, 6.45) is -0.674. The number of esters is 1. The monoisotopic (exact) mass is 210 g/mol. The van der Waals surface area contributed by atoms with E-state index in [4.69, 9.17) is 9.47 Å². The fraction of sp³-hybridized carbons (Fsp3) is 0.364. The van der Waals surface area contributed by atoms with E-state index in [1.54, 1.807) is 26.0 Å². The first-order valence-corrected chi connectivity index (χ1v) is 4.75. The topological polar surface area (TPSA) is 55.8 Å². The van der Waals surface area contributed by atoms with Crippen LogP contribution >= 0.6 is 0 Å². The third-order valence-corrected chi connectivity index (χ3v) is 1.75. The van der Waals surface area contributed by atoms with Gasteiger partial charge in [-0.05, 0) is 26.0 Å². The highest BCUT2D eigenvalue weighted by molar-refractivity contribution is 5.74. The third-order valence-electron chi connectivity index (χ3n) is 1.75. The Bertz CT molecular complexity index is 335. The second-order valence-corrected chi connectivity index (χ2v) is 3.01. The van der Waals surface area contributed by atoms with Crippen molar-refractivity contribution in [2.75, 3.05) is 6.61 Å². The second-order valence-electron chi connectivity index (χ2n) is 3.01. The number of aromatic hydroxyl groups is 1. The molecule has 0 aliphatic rings. The Labute approximate surface area is 88.4 Å². The summed E-state index contributed by atoms with van der Waals surface area (Å²) in [6, 6.07) is 6.27. The van der Waals surface area contributed by atoms with Crippen molar-refractivity contribution >= 4 is 5.97 Å². The SMILES string of the molecule is CCOC(=O)C(C)Oc1cccc(O)c1. The van der Waals surface area contributed by atoms with Gasteiger partial charge >= 0.3 is 5.97 Å². The van der Waals surface area contributed by atoms with Gasteiger partial charge in [-0.1, -0.05) is 6.07 Å². The maximum Gasteiger partial charge on any atom is 0.347 e. The van der Waals surface area contributed by atoms with Gasteiger partial charge in [0.15, 0.2) is 6.10 Å². The Balaban J connectivity index is 2.58. The Morgan fingerprint density at radius 3 is 2.87 bits per heavy atom. The molecule has 0 amide bonds. The summed E-state index contributed by atoms with van der Waals surface area (Å²) in [5, 5.41) is 9.17. The molecule has 1 unspecified atom stereocenters. The quantitative estimate of drug-likeness (QED) is 0.769. The number of carbonyl (C=O) groups excluding carboxylic acids is 1. The van der Waals surface area contributed by atoms with E-state index in [2.05, 4.69) is 0 Å². The molecule has 4 heteroatoms. The largest absolute Gasteiger partial charge is 0.508 e. The van der Waals surface area contributed by atoms with Crippen molar-refractivity contribution in [3.63, 3.8) is 0 Å². The summed E-state index contributed by atoms with van der Waals surface area (Å²) in [7, 11) is 0. The Hall–Kier alpha value is -1.71. The van der Waals surface area contributed by atoms with Crippen LogP contribution in [0.15, 0.2) is 24.3 Å². The normalized spacial score (nSPS) is 11.9. The molecule has 0 aromatic heterocycles. The highest BCUT2D eigenvalue weighted by Gasteiger charge is 2.15. The summed E-state index contributed by atoms with van der Waals surface area (Å²) in [5.74, 6) is 0.125. The average molecular weight is 210 g/mol. The van der Waals surface area contributed by atoms with Crippen LogP contribution < -0.4 is 4.74 Å². The number of hydrogen-bond acceptors (Lipinski definition) is 4. The van der Waals surface area contributed by atoms with Crippen molar-refractivity contribution in [3.8, 4) is 11.5 Å². The predicted octanol–water partition coefficient (Wildman–Crippen LogP) is 1.72. The van der Waals surface area contributed by atoms with Gasteiger partial charge in [0.25, 0.3) is 0 Å². The predicted molar refractivity (Wildman–Crippen MR) is 54.8 cm³/mol. The number of ether oxygens (including phenoxy) is 2. The second kappa shape index (κ2) is 5.24. The van der Waals surface area contributed by atoms with Gasteiger partial charge in [0, 0.05) is 6.07 Å². The molecule has 0 saturated carbocycles. The highest BCUT2D eigenvalue weighted by Crippen LogP contribution is 2.18. The first-order chi connectivity index (χ1) is 7.13. The van der Waals surface area contributed by atoms with Gasteiger partial charge in [-0.3, -0.25) is 0 Å². The molecule has 4 nitrogen and oxygen atoms in total. The van der Waals surface area contributed by atoms with Crippen molar-refractivity contribution in [3.05, 3.63) is 24.3 Å². The Kier molecular flexibility index (Phi) is 3.97. The molecule has 0 aliphatic carbocycles. The molecule has 0 radical (unpaired) electrons. The lowest BCUT2D eigenvalue weighted by molar-refractivity contribution is -0.150. The van der Waals surface area contributed by atoms with Crippen molar-refractivity contribution in [1.82, 2.24) is 0 Å². The number of hydrogen-bond donors (Lipinski definition) is 1. The molecular weight excluding hydrogens is 196 g/mol. The molecule has 1 aromatic carbocycles. The van der Waals surface area contributed by atoms with Crippen LogP contribution in [-0.4, -0.2) is 23.8 Å². The summed E-state index contributed by atoms with van der Waals surface area (Å²) in [5.41, 5.74) is 0. The van der Waals surface area contributed by atoms with Crippen LogP contribution in [0.1, 0.15) is 13.8 Å². The van der Waals surface area contributed by atoms with Crippen molar-refractivity contribution < 1.29 is 19.4 Å². The number of carbonyl (C=O) groups is 1. The van der Waals surface area contributed by atoms with Crippen LogP contribution in [0.3, 0.4) is 0 Å². The fourth-order valence-corrected chi connectivity index (χ4v) is 1.07. The van der Waals surface area contributed by atoms with Crippen molar-refractivity contribution in [2.24, 2.45) is 0 Å². The van der Waals surface area contributed by atoms with Crippen LogP contribution in [0.25, 0.3) is 0 Å². The third kappa shape index (κ3) is 3.50. The van der Waals surface area contributed by atoms with Gasteiger partial charge < -0.3 is 14.6 Å². The van der Waals surface area contributed by atoms with Gasteiger partial charge in [-0.2, -0.15) is 0 Å². The minimum atomic E-state index is -0.674. The lowest BCUT2D eigenvalue weighted by Gasteiger charge is -2.13. The molecule has 0 bridgehead atoms. The molecule has 0 heterocycles. The molecule has 82 valence electrons. The molecule has 15 heavy (non-hydrogen) atoms. The van der Waals surface area contributed by atoms with Crippen LogP contribution in [0, 0.1) is 0 Å². The van der Waals surface area contributed by atoms with E-state index in [0.29, 0.717) is 12.4 Å². The summed E-state index contributed by atoms with van der Waals surface area (Å²) in [4.78, 5) is 11.2.